The average molecular weight is 241 g/mol. The number of aromatic nitrogens is 4. The molecule has 0 aliphatic carbocycles. The summed E-state index contributed by atoms with van der Waals surface area (Å²) in [7, 11) is 0. The zero-order chi connectivity index (χ0) is 11.0. The van der Waals surface area contributed by atoms with Crippen molar-refractivity contribution in [1.82, 2.24) is 19.6 Å². The number of rotatable bonds is 2. The maximum Gasteiger partial charge on any atom is 0.256 e. The molecule has 0 bridgehead atoms. The van der Waals surface area contributed by atoms with Gasteiger partial charge in [0, 0.05) is 12.5 Å². The van der Waals surface area contributed by atoms with Gasteiger partial charge in [0.2, 0.25) is 5.88 Å². The van der Waals surface area contributed by atoms with Crippen molar-refractivity contribution in [2.45, 2.75) is 12.5 Å². The van der Waals surface area contributed by atoms with Gasteiger partial charge in [-0.05, 0) is 0 Å². The van der Waals surface area contributed by atoms with Gasteiger partial charge in [-0.15, -0.1) is 0 Å². The molecule has 1 fully saturated rings. The summed E-state index contributed by atoms with van der Waals surface area (Å²) in [5.74, 6) is 0.976. The molecule has 16 heavy (non-hydrogen) atoms. The van der Waals surface area contributed by atoms with Crippen molar-refractivity contribution in [2.24, 2.45) is 0 Å². The molecule has 1 unspecified atom stereocenters. The van der Waals surface area contributed by atoms with Crippen molar-refractivity contribution < 1.29 is 9.47 Å². The van der Waals surface area contributed by atoms with E-state index in [1.54, 1.807) is 6.07 Å². The van der Waals surface area contributed by atoms with E-state index in [1.165, 1.54) is 10.8 Å². The van der Waals surface area contributed by atoms with E-state index in [2.05, 4.69) is 15.1 Å². The fraction of sp³-hybridized carbons (Fsp3) is 0.444. The van der Waals surface area contributed by atoms with Crippen LogP contribution in [0, 0.1) is 0 Å². The van der Waals surface area contributed by atoms with Gasteiger partial charge in [-0.25, -0.2) is 0 Å². The molecule has 1 aliphatic heterocycles. The van der Waals surface area contributed by atoms with Crippen molar-refractivity contribution in [3.05, 3.63) is 17.5 Å². The van der Waals surface area contributed by atoms with E-state index in [0.717, 1.165) is 13.0 Å². The van der Waals surface area contributed by atoms with Crippen LogP contribution in [-0.2, 0) is 4.74 Å². The van der Waals surface area contributed by atoms with E-state index in [0.29, 0.717) is 23.4 Å². The van der Waals surface area contributed by atoms with Crippen molar-refractivity contribution in [2.75, 3.05) is 13.2 Å². The van der Waals surface area contributed by atoms with Crippen LogP contribution in [0.5, 0.6) is 5.88 Å². The molecule has 0 spiro atoms. The molecule has 0 saturated carbocycles. The van der Waals surface area contributed by atoms with Crippen molar-refractivity contribution in [1.29, 1.82) is 0 Å². The number of halogens is 1. The summed E-state index contributed by atoms with van der Waals surface area (Å²) < 4.78 is 12.5. The molecule has 2 aromatic rings. The second kappa shape index (κ2) is 3.88. The molecular formula is C9H9ClN4O2. The Labute approximate surface area is 96.2 Å². The zero-order valence-corrected chi connectivity index (χ0v) is 9.09. The SMILES string of the molecule is Clc1cc(OC2CCOC2)n2ncnc2n1. The quantitative estimate of drug-likeness (QED) is 0.732. The van der Waals surface area contributed by atoms with Gasteiger partial charge in [0.25, 0.3) is 5.78 Å². The molecule has 0 amide bonds. The Morgan fingerprint density at radius 1 is 1.56 bits per heavy atom. The highest BCUT2D eigenvalue weighted by atomic mass is 35.5. The highest BCUT2D eigenvalue weighted by molar-refractivity contribution is 6.29. The lowest BCUT2D eigenvalue weighted by Crippen LogP contribution is -2.17. The predicted octanol–water partition coefficient (Wildman–Crippen LogP) is 0.945. The highest BCUT2D eigenvalue weighted by Crippen LogP contribution is 2.20. The number of ether oxygens (including phenoxy) is 2. The van der Waals surface area contributed by atoms with E-state index in [1.807, 2.05) is 0 Å². The Kier molecular flexibility index (Phi) is 2.37. The van der Waals surface area contributed by atoms with Crippen LogP contribution in [0.2, 0.25) is 5.15 Å². The van der Waals surface area contributed by atoms with E-state index < -0.39 is 0 Å². The van der Waals surface area contributed by atoms with E-state index in [-0.39, 0.29) is 6.10 Å². The molecule has 1 aliphatic rings. The van der Waals surface area contributed by atoms with E-state index >= 15 is 0 Å². The van der Waals surface area contributed by atoms with Gasteiger partial charge in [-0.2, -0.15) is 19.6 Å². The lowest BCUT2D eigenvalue weighted by atomic mass is 10.3. The van der Waals surface area contributed by atoms with Crippen LogP contribution in [0.15, 0.2) is 12.4 Å². The van der Waals surface area contributed by atoms with Gasteiger partial charge >= 0.3 is 0 Å². The molecule has 0 aromatic carbocycles. The normalized spacial score (nSPS) is 20.4. The minimum absolute atomic E-state index is 0.0471. The number of fused-ring (bicyclic) bond motifs is 1. The first-order valence-electron chi connectivity index (χ1n) is 4.93. The smallest absolute Gasteiger partial charge is 0.256 e. The summed E-state index contributed by atoms with van der Waals surface area (Å²) >= 11 is 5.86. The number of nitrogens with zero attached hydrogens (tertiary/aromatic N) is 4. The Balaban J connectivity index is 1.97. The van der Waals surface area contributed by atoms with E-state index in [4.69, 9.17) is 21.1 Å². The molecule has 0 radical (unpaired) electrons. The maximum absolute atomic E-state index is 5.86. The van der Waals surface area contributed by atoms with Gasteiger partial charge in [0.15, 0.2) is 0 Å². The fourth-order valence-electron chi connectivity index (χ4n) is 1.62. The van der Waals surface area contributed by atoms with Gasteiger partial charge < -0.3 is 9.47 Å². The first-order valence-corrected chi connectivity index (χ1v) is 5.31. The molecule has 6 nitrogen and oxygen atoms in total. The lowest BCUT2D eigenvalue weighted by molar-refractivity contribution is 0.136. The molecule has 1 saturated heterocycles. The maximum atomic E-state index is 5.86. The Hall–Kier alpha value is -1.40. The molecule has 3 rings (SSSR count). The minimum atomic E-state index is 0.0471. The highest BCUT2D eigenvalue weighted by Gasteiger charge is 2.19. The summed E-state index contributed by atoms with van der Waals surface area (Å²) in [4.78, 5) is 7.97. The topological polar surface area (TPSA) is 61.5 Å². The standard InChI is InChI=1S/C9H9ClN4O2/c10-7-3-8(16-6-1-2-15-4-6)14-9(13-7)11-5-12-14/h3,5-6H,1-2,4H2. The van der Waals surface area contributed by atoms with Crippen LogP contribution in [0.1, 0.15) is 6.42 Å². The lowest BCUT2D eigenvalue weighted by Gasteiger charge is -2.12. The van der Waals surface area contributed by atoms with Crippen molar-refractivity contribution >= 4 is 17.4 Å². The second-order valence-electron chi connectivity index (χ2n) is 3.49. The first-order chi connectivity index (χ1) is 7.83. The van der Waals surface area contributed by atoms with Crippen molar-refractivity contribution in [3.63, 3.8) is 0 Å². The Morgan fingerprint density at radius 2 is 2.50 bits per heavy atom. The van der Waals surface area contributed by atoms with Crippen LogP contribution in [-0.4, -0.2) is 38.9 Å². The number of hydrogen-bond donors (Lipinski definition) is 0. The molecular weight excluding hydrogens is 232 g/mol. The molecule has 1 atom stereocenters. The summed E-state index contributed by atoms with van der Waals surface area (Å²) in [6.07, 6.45) is 2.33. The molecule has 3 heterocycles. The largest absolute Gasteiger partial charge is 0.472 e. The summed E-state index contributed by atoms with van der Waals surface area (Å²) in [6.45, 7) is 1.32. The average Bonchev–Trinajstić information content (AvgIpc) is 2.87. The summed E-state index contributed by atoms with van der Waals surface area (Å²) in [5, 5.41) is 4.36. The Bertz CT molecular complexity index is 509. The zero-order valence-electron chi connectivity index (χ0n) is 8.34. The monoisotopic (exact) mass is 240 g/mol. The van der Waals surface area contributed by atoms with Crippen LogP contribution in [0.3, 0.4) is 0 Å². The van der Waals surface area contributed by atoms with Gasteiger partial charge in [0.05, 0.1) is 13.2 Å². The predicted molar refractivity (Wildman–Crippen MR) is 55.6 cm³/mol. The van der Waals surface area contributed by atoms with Gasteiger partial charge in [0.1, 0.15) is 17.6 Å². The molecule has 7 heteroatoms. The van der Waals surface area contributed by atoms with Crippen LogP contribution in [0.25, 0.3) is 5.78 Å². The van der Waals surface area contributed by atoms with Gasteiger partial charge in [-0.1, -0.05) is 11.6 Å². The van der Waals surface area contributed by atoms with Crippen LogP contribution in [0.4, 0.5) is 0 Å². The molecule has 0 N–H and O–H groups in total. The number of hydrogen-bond acceptors (Lipinski definition) is 5. The second-order valence-corrected chi connectivity index (χ2v) is 3.88. The van der Waals surface area contributed by atoms with Gasteiger partial charge in [-0.3, -0.25) is 0 Å². The van der Waals surface area contributed by atoms with Crippen LogP contribution >= 0.6 is 11.6 Å². The van der Waals surface area contributed by atoms with Crippen LogP contribution < -0.4 is 4.74 Å². The third kappa shape index (κ3) is 1.70. The third-order valence-corrected chi connectivity index (χ3v) is 2.56. The third-order valence-electron chi connectivity index (χ3n) is 2.36. The summed E-state index contributed by atoms with van der Waals surface area (Å²) in [5.41, 5.74) is 0. The van der Waals surface area contributed by atoms with Crippen molar-refractivity contribution in [3.8, 4) is 5.88 Å². The minimum Gasteiger partial charge on any atom is -0.472 e. The van der Waals surface area contributed by atoms with E-state index in [9.17, 15) is 0 Å². The Morgan fingerprint density at radius 3 is 3.31 bits per heavy atom. The molecule has 84 valence electrons. The molecule has 2 aromatic heterocycles. The first kappa shape index (κ1) is 9.80. The fourth-order valence-corrected chi connectivity index (χ4v) is 1.79. The summed E-state index contributed by atoms with van der Waals surface area (Å²) in [6, 6.07) is 1.63.